The van der Waals surface area contributed by atoms with Gasteiger partial charge in [-0.3, -0.25) is 0 Å². The van der Waals surface area contributed by atoms with Crippen molar-refractivity contribution in [3.05, 3.63) is 84.4 Å². The Hall–Kier alpha value is -2.02. The zero-order valence-corrected chi connectivity index (χ0v) is 15.3. The minimum absolute atomic E-state index is 0.305. The second-order valence-electron chi connectivity index (χ2n) is 6.41. The van der Waals surface area contributed by atoms with Gasteiger partial charge in [-0.2, -0.15) is 0 Å². The highest BCUT2D eigenvalue weighted by Crippen LogP contribution is 2.27. The van der Waals surface area contributed by atoms with E-state index in [1.165, 1.54) is 0 Å². The number of rotatable bonds is 10. The van der Waals surface area contributed by atoms with Gasteiger partial charge in [0.05, 0.1) is 26.4 Å². The Labute approximate surface area is 160 Å². The summed E-state index contributed by atoms with van der Waals surface area (Å²) in [6, 6.07) is 19.8. The van der Waals surface area contributed by atoms with Gasteiger partial charge in [0.1, 0.15) is 18.3 Å². The molecule has 0 spiro atoms. The quantitative estimate of drug-likeness (QED) is 0.652. The first-order chi connectivity index (χ1) is 13.3. The van der Waals surface area contributed by atoms with Gasteiger partial charge in [-0.1, -0.05) is 66.7 Å². The minimum atomic E-state index is -1.06. The Morgan fingerprint density at radius 1 is 0.889 bits per heavy atom. The van der Waals surface area contributed by atoms with E-state index in [1.807, 2.05) is 60.7 Å². The van der Waals surface area contributed by atoms with Crippen LogP contribution in [0, 0.1) is 0 Å². The molecule has 27 heavy (non-hydrogen) atoms. The van der Waals surface area contributed by atoms with E-state index < -0.39 is 24.6 Å². The number of hydrogen-bond acceptors (Lipinski definition) is 5. The molecule has 0 aromatic heterocycles. The van der Waals surface area contributed by atoms with Crippen LogP contribution in [0.25, 0.3) is 0 Å². The highest BCUT2D eigenvalue weighted by Gasteiger charge is 2.45. The number of hydrogen-bond donors (Lipinski definition) is 1. The summed E-state index contributed by atoms with van der Waals surface area (Å²) in [5.41, 5.74) is 2.13. The summed E-state index contributed by atoms with van der Waals surface area (Å²) < 4.78 is 23.2. The first kappa shape index (κ1) is 19.7. The van der Waals surface area contributed by atoms with Crippen LogP contribution in [-0.2, 0) is 32.2 Å². The number of benzene rings is 2. The van der Waals surface area contributed by atoms with E-state index in [4.69, 9.17) is 18.9 Å². The van der Waals surface area contributed by atoms with Crippen LogP contribution in [0.3, 0.4) is 0 Å². The van der Waals surface area contributed by atoms with Crippen LogP contribution in [0.1, 0.15) is 11.1 Å². The molecule has 0 amide bonds. The fraction of sp³-hybridized carbons (Fsp3) is 0.364. The molecule has 0 radical (unpaired) electrons. The van der Waals surface area contributed by atoms with Crippen LogP contribution in [-0.4, -0.2) is 42.9 Å². The maximum atomic E-state index is 10.3. The molecule has 1 aliphatic rings. The van der Waals surface area contributed by atoms with E-state index in [1.54, 1.807) is 6.08 Å². The Morgan fingerprint density at radius 3 is 2.15 bits per heavy atom. The molecule has 1 aliphatic heterocycles. The maximum Gasteiger partial charge on any atom is 0.184 e. The first-order valence-corrected chi connectivity index (χ1v) is 9.11. The lowest BCUT2D eigenvalue weighted by Crippen LogP contribution is -2.39. The second kappa shape index (κ2) is 10.3. The third-order valence-corrected chi connectivity index (χ3v) is 4.37. The van der Waals surface area contributed by atoms with Crippen molar-refractivity contribution in [2.45, 2.75) is 37.8 Å². The van der Waals surface area contributed by atoms with Crippen molar-refractivity contribution in [1.82, 2.24) is 0 Å². The standard InChI is InChI=1S/C22H26O5/c1-2-13-25-21-20(26-15-18-11-7-4-8-12-18)19(27-22(21)23)16-24-14-17-9-5-3-6-10-17/h2-12,19-23H,1,13-16H2/t19-,20-,21-,22+/m1/s1. The van der Waals surface area contributed by atoms with Crippen molar-refractivity contribution in [1.29, 1.82) is 0 Å². The Kier molecular flexibility index (Phi) is 7.56. The maximum absolute atomic E-state index is 10.3. The van der Waals surface area contributed by atoms with Crippen molar-refractivity contribution in [2.75, 3.05) is 13.2 Å². The lowest BCUT2D eigenvalue weighted by Gasteiger charge is -2.23. The Balaban J connectivity index is 1.59. The predicted octanol–water partition coefficient (Wildman–Crippen LogP) is 3.08. The van der Waals surface area contributed by atoms with E-state index >= 15 is 0 Å². The molecule has 1 fully saturated rings. The minimum Gasteiger partial charge on any atom is -0.374 e. The second-order valence-corrected chi connectivity index (χ2v) is 6.41. The Bertz CT molecular complexity index is 676. The molecular formula is C22H26O5. The average molecular weight is 370 g/mol. The van der Waals surface area contributed by atoms with E-state index in [0.29, 0.717) is 26.4 Å². The lowest BCUT2D eigenvalue weighted by atomic mass is 10.1. The zero-order valence-electron chi connectivity index (χ0n) is 15.3. The number of aliphatic hydroxyl groups excluding tert-OH is 1. The zero-order chi connectivity index (χ0) is 18.9. The van der Waals surface area contributed by atoms with Gasteiger partial charge in [0.25, 0.3) is 0 Å². The van der Waals surface area contributed by atoms with Crippen molar-refractivity contribution in [3.63, 3.8) is 0 Å². The lowest BCUT2D eigenvalue weighted by molar-refractivity contribution is -0.147. The summed E-state index contributed by atoms with van der Waals surface area (Å²) in [5.74, 6) is 0. The molecule has 1 saturated heterocycles. The van der Waals surface area contributed by atoms with Gasteiger partial charge in [-0.15, -0.1) is 6.58 Å². The molecule has 5 heteroatoms. The monoisotopic (exact) mass is 370 g/mol. The molecule has 0 aliphatic carbocycles. The summed E-state index contributed by atoms with van der Waals surface area (Å²) in [7, 11) is 0. The molecule has 2 aromatic carbocycles. The molecule has 0 unspecified atom stereocenters. The molecule has 0 saturated carbocycles. The summed E-state index contributed by atoms with van der Waals surface area (Å²) in [6.07, 6.45) is -0.855. The van der Waals surface area contributed by atoms with Crippen molar-refractivity contribution >= 4 is 0 Å². The van der Waals surface area contributed by atoms with Crippen LogP contribution in [0.5, 0.6) is 0 Å². The normalized spacial score (nSPS) is 24.8. The van der Waals surface area contributed by atoms with E-state index in [0.717, 1.165) is 11.1 Å². The van der Waals surface area contributed by atoms with Crippen LogP contribution >= 0.6 is 0 Å². The highest BCUT2D eigenvalue weighted by atomic mass is 16.7. The van der Waals surface area contributed by atoms with Crippen LogP contribution in [0.2, 0.25) is 0 Å². The van der Waals surface area contributed by atoms with Gasteiger partial charge in [0.2, 0.25) is 0 Å². The van der Waals surface area contributed by atoms with Gasteiger partial charge in [-0.05, 0) is 11.1 Å². The predicted molar refractivity (Wildman–Crippen MR) is 102 cm³/mol. The number of aliphatic hydroxyl groups is 1. The molecule has 1 N–H and O–H groups in total. The van der Waals surface area contributed by atoms with Crippen LogP contribution in [0.4, 0.5) is 0 Å². The fourth-order valence-corrected chi connectivity index (χ4v) is 3.03. The van der Waals surface area contributed by atoms with Gasteiger partial charge < -0.3 is 24.1 Å². The van der Waals surface area contributed by atoms with Gasteiger partial charge >= 0.3 is 0 Å². The average Bonchev–Trinajstić information content (AvgIpc) is 3.00. The molecule has 5 nitrogen and oxygen atoms in total. The molecule has 4 atom stereocenters. The molecule has 3 rings (SSSR count). The summed E-state index contributed by atoms with van der Waals surface area (Å²) in [5, 5.41) is 10.3. The molecule has 0 bridgehead atoms. The van der Waals surface area contributed by atoms with Gasteiger partial charge in [0.15, 0.2) is 6.29 Å². The third-order valence-electron chi connectivity index (χ3n) is 4.37. The largest absolute Gasteiger partial charge is 0.374 e. The van der Waals surface area contributed by atoms with E-state index in [2.05, 4.69) is 6.58 Å². The fourth-order valence-electron chi connectivity index (χ4n) is 3.03. The van der Waals surface area contributed by atoms with Crippen LogP contribution < -0.4 is 0 Å². The third kappa shape index (κ3) is 5.73. The number of ether oxygens (including phenoxy) is 4. The molecular weight excluding hydrogens is 344 g/mol. The molecule has 144 valence electrons. The Morgan fingerprint density at radius 2 is 1.52 bits per heavy atom. The molecule has 1 heterocycles. The highest BCUT2D eigenvalue weighted by molar-refractivity contribution is 5.14. The topological polar surface area (TPSA) is 57.2 Å². The van der Waals surface area contributed by atoms with E-state index in [9.17, 15) is 5.11 Å². The van der Waals surface area contributed by atoms with E-state index in [-0.39, 0.29) is 0 Å². The van der Waals surface area contributed by atoms with Gasteiger partial charge in [0, 0.05) is 0 Å². The first-order valence-electron chi connectivity index (χ1n) is 9.11. The summed E-state index contributed by atoms with van der Waals surface area (Å²) in [6.45, 7) is 5.15. The smallest absolute Gasteiger partial charge is 0.184 e. The van der Waals surface area contributed by atoms with Gasteiger partial charge in [-0.25, -0.2) is 0 Å². The SMILES string of the molecule is C=CCO[C@@H]1[C@H](OCc2ccccc2)[C@@H](COCc2ccccc2)O[C@@H]1O. The van der Waals surface area contributed by atoms with Crippen molar-refractivity contribution < 1.29 is 24.1 Å². The van der Waals surface area contributed by atoms with Crippen molar-refractivity contribution in [2.24, 2.45) is 0 Å². The molecule has 2 aromatic rings. The van der Waals surface area contributed by atoms with Crippen LogP contribution in [0.15, 0.2) is 73.3 Å². The summed E-state index contributed by atoms with van der Waals surface area (Å²) in [4.78, 5) is 0. The summed E-state index contributed by atoms with van der Waals surface area (Å²) >= 11 is 0. The van der Waals surface area contributed by atoms with Crippen molar-refractivity contribution in [3.8, 4) is 0 Å².